The third-order valence-electron chi connectivity index (χ3n) is 5.23. The molecule has 1 saturated carbocycles. The molecule has 3 aromatic rings. The van der Waals surface area contributed by atoms with E-state index in [9.17, 15) is 22.4 Å². The summed E-state index contributed by atoms with van der Waals surface area (Å²) in [6.45, 7) is 0. The summed E-state index contributed by atoms with van der Waals surface area (Å²) in [5, 5.41) is 0.138. The van der Waals surface area contributed by atoms with Gasteiger partial charge in [0.05, 0.1) is 21.3 Å². The maximum absolute atomic E-state index is 13.2. The minimum Gasteiger partial charge on any atom is -0.296 e. The third-order valence-corrected chi connectivity index (χ3v) is 6.76. The van der Waals surface area contributed by atoms with Gasteiger partial charge in [-0.3, -0.25) is 13.9 Å². The molecule has 28 heavy (non-hydrogen) atoms. The van der Waals surface area contributed by atoms with Crippen molar-refractivity contribution in [2.75, 3.05) is 0 Å². The molecule has 1 fully saturated rings. The summed E-state index contributed by atoms with van der Waals surface area (Å²) in [6, 6.07) is 9.82. The van der Waals surface area contributed by atoms with Gasteiger partial charge < -0.3 is 0 Å². The van der Waals surface area contributed by atoms with Crippen LogP contribution in [0.25, 0.3) is 10.9 Å². The van der Waals surface area contributed by atoms with E-state index in [4.69, 9.17) is 0 Å². The second-order valence-electron chi connectivity index (χ2n) is 7.08. The van der Waals surface area contributed by atoms with Crippen LogP contribution in [0.3, 0.4) is 0 Å². The van der Waals surface area contributed by atoms with E-state index in [1.807, 2.05) is 0 Å². The Balaban J connectivity index is 1.78. The second-order valence-corrected chi connectivity index (χ2v) is 8.76. The van der Waals surface area contributed by atoms with Crippen LogP contribution in [0.1, 0.15) is 18.4 Å². The molecule has 0 aliphatic heterocycles. The first-order valence-corrected chi connectivity index (χ1v) is 10.1. The summed E-state index contributed by atoms with van der Waals surface area (Å²) in [5.41, 5.74) is -0.770. The molecule has 1 aromatic heterocycles. The lowest BCUT2D eigenvalue weighted by atomic mass is 10.1. The van der Waals surface area contributed by atoms with Gasteiger partial charge in [0.1, 0.15) is 5.82 Å². The first-order chi connectivity index (χ1) is 13.1. The first-order valence-electron chi connectivity index (χ1n) is 8.64. The van der Waals surface area contributed by atoms with Crippen molar-refractivity contribution in [2.24, 2.45) is 14.1 Å². The zero-order chi connectivity index (χ0) is 20.3. The van der Waals surface area contributed by atoms with Crippen LogP contribution in [0.2, 0.25) is 0 Å². The minimum atomic E-state index is -3.94. The molecule has 146 valence electrons. The van der Waals surface area contributed by atoms with Gasteiger partial charge in [-0.05, 0) is 48.7 Å². The number of aryl methyl sites for hydroxylation is 1. The largest absolute Gasteiger partial charge is 0.330 e. The van der Waals surface area contributed by atoms with Gasteiger partial charge in [-0.1, -0.05) is 12.1 Å². The maximum atomic E-state index is 13.2. The first kappa shape index (κ1) is 18.6. The number of hydrogen-bond donors (Lipinski definition) is 1. The van der Waals surface area contributed by atoms with Gasteiger partial charge in [0.25, 0.3) is 5.56 Å². The number of rotatable bonds is 4. The van der Waals surface area contributed by atoms with Crippen LogP contribution in [0.4, 0.5) is 4.39 Å². The highest BCUT2D eigenvalue weighted by Gasteiger charge is 2.47. The van der Waals surface area contributed by atoms with Crippen LogP contribution in [-0.4, -0.2) is 17.6 Å². The molecule has 0 unspecified atom stereocenters. The molecule has 0 bridgehead atoms. The number of halogens is 1. The molecular formula is C19H18FN3O4S. The number of sulfonamides is 1. The van der Waals surface area contributed by atoms with E-state index in [0.717, 1.165) is 4.57 Å². The number of nitrogens with one attached hydrogen (secondary N) is 1. The lowest BCUT2D eigenvalue weighted by Crippen LogP contribution is -2.37. The van der Waals surface area contributed by atoms with Crippen molar-refractivity contribution in [1.82, 2.24) is 13.9 Å². The molecule has 1 heterocycles. The standard InChI is InChI=1S/C19H18FN3O4S/c1-22-16-8-7-14(11-15(16)17(24)23(2)18(22)25)28(26,27)21-19(9-10-19)12-3-5-13(20)6-4-12/h3-8,11,21H,9-10H2,1-2H3. The molecule has 1 aliphatic carbocycles. The molecule has 0 radical (unpaired) electrons. The molecule has 4 rings (SSSR count). The fourth-order valence-electron chi connectivity index (χ4n) is 3.40. The van der Waals surface area contributed by atoms with Gasteiger partial charge in [0.15, 0.2) is 0 Å². The van der Waals surface area contributed by atoms with Gasteiger partial charge in [-0.2, -0.15) is 0 Å². The average Bonchev–Trinajstić information content (AvgIpc) is 3.44. The Kier molecular flexibility index (Phi) is 4.06. The summed E-state index contributed by atoms with van der Waals surface area (Å²) in [6.07, 6.45) is 1.20. The van der Waals surface area contributed by atoms with Crippen molar-refractivity contribution in [1.29, 1.82) is 0 Å². The van der Waals surface area contributed by atoms with Crippen molar-refractivity contribution >= 4 is 20.9 Å². The number of nitrogens with zero attached hydrogens (tertiary/aromatic N) is 2. The van der Waals surface area contributed by atoms with E-state index in [-0.39, 0.29) is 10.3 Å². The minimum absolute atomic E-state index is 0.0656. The molecular weight excluding hydrogens is 385 g/mol. The van der Waals surface area contributed by atoms with Crippen molar-refractivity contribution < 1.29 is 12.8 Å². The summed E-state index contributed by atoms with van der Waals surface area (Å²) >= 11 is 0. The van der Waals surface area contributed by atoms with Gasteiger partial charge in [0.2, 0.25) is 10.0 Å². The van der Waals surface area contributed by atoms with E-state index in [1.54, 1.807) is 12.1 Å². The maximum Gasteiger partial charge on any atom is 0.330 e. The van der Waals surface area contributed by atoms with E-state index >= 15 is 0 Å². The van der Waals surface area contributed by atoms with Crippen LogP contribution in [-0.2, 0) is 29.7 Å². The Morgan fingerprint density at radius 2 is 1.64 bits per heavy atom. The normalized spacial score (nSPS) is 15.7. The zero-order valence-corrected chi connectivity index (χ0v) is 16.1. The van der Waals surface area contributed by atoms with Crippen molar-refractivity contribution in [3.05, 3.63) is 74.7 Å². The van der Waals surface area contributed by atoms with Crippen molar-refractivity contribution in [3.63, 3.8) is 0 Å². The molecule has 0 atom stereocenters. The van der Waals surface area contributed by atoms with Crippen LogP contribution >= 0.6 is 0 Å². The van der Waals surface area contributed by atoms with Crippen LogP contribution in [0, 0.1) is 5.82 Å². The smallest absolute Gasteiger partial charge is 0.296 e. The predicted octanol–water partition coefficient (Wildman–Crippen LogP) is 1.34. The van der Waals surface area contributed by atoms with Crippen LogP contribution in [0.5, 0.6) is 0 Å². The Morgan fingerprint density at radius 1 is 1.00 bits per heavy atom. The van der Waals surface area contributed by atoms with Gasteiger partial charge in [0, 0.05) is 14.1 Å². The van der Waals surface area contributed by atoms with E-state index in [2.05, 4.69) is 4.72 Å². The van der Waals surface area contributed by atoms with E-state index in [0.29, 0.717) is 23.9 Å². The summed E-state index contributed by atoms with van der Waals surface area (Å²) in [7, 11) is -1.07. The highest BCUT2D eigenvalue weighted by Crippen LogP contribution is 2.46. The molecule has 1 aliphatic rings. The topological polar surface area (TPSA) is 90.2 Å². The average molecular weight is 403 g/mol. The van der Waals surface area contributed by atoms with Gasteiger partial charge in [-0.25, -0.2) is 22.3 Å². The molecule has 1 N–H and O–H groups in total. The Morgan fingerprint density at radius 3 is 2.25 bits per heavy atom. The number of benzene rings is 2. The highest BCUT2D eigenvalue weighted by atomic mass is 32.2. The number of aromatic nitrogens is 2. The third kappa shape index (κ3) is 2.87. The molecule has 0 amide bonds. The lowest BCUT2D eigenvalue weighted by Gasteiger charge is -2.18. The van der Waals surface area contributed by atoms with Crippen molar-refractivity contribution in [2.45, 2.75) is 23.3 Å². The Labute approximate surface area is 160 Å². The Hall–Kier alpha value is -2.78. The molecule has 0 saturated heterocycles. The molecule has 0 spiro atoms. The monoisotopic (exact) mass is 403 g/mol. The van der Waals surface area contributed by atoms with E-state index in [1.165, 1.54) is 49.0 Å². The highest BCUT2D eigenvalue weighted by molar-refractivity contribution is 7.89. The summed E-state index contributed by atoms with van der Waals surface area (Å²) < 4.78 is 44.0. The van der Waals surface area contributed by atoms with Gasteiger partial charge in [-0.15, -0.1) is 0 Å². The lowest BCUT2D eigenvalue weighted by molar-refractivity contribution is 0.551. The second kappa shape index (κ2) is 6.11. The summed E-state index contributed by atoms with van der Waals surface area (Å²) in [4.78, 5) is 24.4. The van der Waals surface area contributed by atoms with E-state index < -0.39 is 32.6 Å². The van der Waals surface area contributed by atoms with Crippen molar-refractivity contribution in [3.8, 4) is 0 Å². The van der Waals surface area contributed by atoms with Gasteiger partial charge >= 0.3 is 5.69 Å². The van der Waals surface area contributed by atoms with Crippen LogP contribution in [0.15, 0.2) is 56.9 Å². The quantitative estimate of drug-likeness (QED) is 0.712. The number of fused-ring (bicyclic) bond motifs is 1. The molecule has 9 heteroatoms. The van der Waals surface area contributed by atoms with Crippen LogP contribution < -0.4 is 16.0 Å². The molecule has 7 nitrogen and oxygen atoms in total. The fourth-order valence-corrected chi connectivity index (χ4v) is 4.88. The predicted molar refractivity (Wildman–Crippen MR) is 102 cm³/mol. The number of hydrogen-bond acceptors (Lipinski definition) is 4. The fraction of sp³-hybridized carbons (Fsp3) is 0.263. The summed E-state index contributed by atoms with van der Waals surface area (Å²) in [5.74, 6) is -0.390. The SMILES string of the molecule is Cn1c(=O)c2cc(S(=O)(=O)NC3(c4ccc(F)cc4)CC3)ccc2n(C)c1=O. The zero-order valence-electron chi connectivity index (χ0n) is 15.3. The Bertz CT molecular complexity index is 1320. The molecule has 2 aromatic carbocycles.